The molecule has 0 aliphatic carbocycles. The molecule has 2 nitrogen and oxygen atoms in total. The van der Waals surface area contributed by atoms with Crippen LogP contribution in [0.25, 0.3) is 87.6 Å². The lowest BCUT2D eigenvalue weighted by Crippen LogP contribution is -2.09. The van der Waals surface area contributed by atoms with Crippen LogP contribution < -0.4 is 9.80 Å². The topological polar surface area (TPSA) is 6.48 Å². The highest BCUT2D eigenvalue weighted by Gasteiger charge is 2.17. The monoisotopic (exact) mass is 916 g/mol. The van der Waals surface area contributed by atoms with Crippen LogP contribution in [0.4, 0.5) is 34.1 Å². The maximum Gasteiger partial charge on any atom is 0.0462 e. The van der Waals surface area contributed by atoms with Crippen molar-refractivity contribution in [3.05, 3.63) is 291 Å². The van der Waals surface area contributed by atoms with Crippen LogP contribution in [0.5, 0.6) is 0 Å². The Hall–Kier alpha value is -9.50. The fourth-order valence-electron chi connectivity index (χ4n) is 10.7. The highest BCUT2D eigenvalue weighted by molar-refractivity contribution is 6.09. The third kappa shape index (κ3) is 7.92. The van der Waals surface area contributed by atoms with Gasteiger partial charge < -0.3 is 9.80 Å². The van der Waals surface area contributed by atoms with E-state index < -0.39 is 0 Å². The van der Waals surface area contributed by atoms with Crippen molar-refractivity contribution in [1.82, 2.24) is 0 Å². The molecule has 338 valence electrons. The van der Waals surface area contributed by atoms with E-state index in [1.807, 2.05) is 0 Å². The van der Waals surface area contributed by atoms with Gasteiger partial charge in [-0.15, -0.1) is 0 Å². The maximum atomic E-state index is 2.36. The molecule has 0 unspecified atom stereocenters. The number of para-hydroxylation sites is 4. The first-order valence-electron chi connectivity index (χ1n) is 24.7. The molecular formula is C70H48N2. The van der Waals surface area contributed by atoms with Crippen LogP contribution in [0.15, 0.2) is 291 Å². The molecule has 0 atom stereocenters. The number of hydrogen-bond donors (Lipinski definition) is 0. The summed E-state index contributed by atoms with van der Waals surface area (Å²) in [7, 11) is 0. The van der Waals surface area contributed by atoms with Gasteiger partial charge in [0.1, 0.15) is 0 Å². The lowest BCUT2D eigenvalue weighted by Gasteiger charge is -2.25. The van der Waals surface area contributed by atoms with Crippen molar-refractivity contribution < 1.29 is 0 Å². The molecule has 0 saturated carbocycles. The molecule has 13 rings (SSSR count). The molecule has 0 aromatic heterocycles. The highest BCUT2D eigenvalue weighted by atomic mass is 15.1. The molecule has 0 heterocycles. The van der Waals surface area contributed by atoms with Gasteiger partial charge in [-0.2, -0.15) is 0 Å². The first kappa shape index (κ1) is 42.6. The van der Waals surface area contributed by atoms with Gasteiger partial charge in [-0.1, -0.05) is 194 Å². The molecule has 0 saturated heterocycles. The first-order chi connectivity index (χ1) is 35.7. The summed E-state index contributed by atoms with van der Waals surface area (Å²) in [5, 5.41) is 9.88. The Balaban J connectivity index is 0.800. The maximum absolute atomic E-state index is 2.36. The quantitative estimate of drug-likeness (QED) is 0.126. The van der Waals surface area contributed by atoms with Crippen molar-refractivity contribution in [3.8, 4) is 44.5 Å². The van der Waals surface area contributed by atoms with Gasteiger partial charge in [0.15, 0.2) is 0 Å². The lowest BCUT2D eigenvalue weighted by molar-refractivity contribution is 1.28. The summed E-state index contributed by atoms with van der Waals surface area (Å²) in [5.74, 6) is 0. The number of fused-ring (bicyclic) bond motifs is 4. The van der Waals surface area contributed by atoms with Gasteiger partial charge in [-0.25, -0.2) is 0 Å². The first-order valence-corrected chi connectivity index (χ1v) is 24.7. The van der Waals surface area contributed by atoms with E-state index in [-0.39, 0.29) is 0 Å². The van der Waals surface area contributed by atoms with Crippen molar-refractivity contribution in [2.75, 3.05) is 9.80 Å². The van der Waals surface area contributed by atoms with Crippen LogP contribution in [0.3, 0.4) is 0 Å². The molecular weight excluding hydrogens is 869 g/mol. The Labute approximate surface area is 420 Å². The molecule has 13 aromatic rings. The molecule has 0 amide bonds. The standard InChI is InChI=1S/C70H48N2/c1-5-17-57(18-6-1)71(58-19-7-2-8-20-58)61-37-33-49(34-38-61)63-41-43-65(69-27-15-13-25-67(63)69)53-31-29-51-46-56-48-54(32-30-52(56)45-55(51)47-53)66-44-42-64(68-26-14-16-28-70(66)68)50-35-39-62(40-36-50)72(59-21-9-3-10-22-59)60-23-11-4-12-24-60/h1-48H. The van der Waals surface area contributed by atoms with Gasteiger partial charge in [-0.05, 0) is 185 Å². The number of nitrogens with zero attached hydrogens (tertiary/aromatic N) is 2. The van der Waals surface area contributed by atoms with E-state index in [9.17, 15) is 0 Å². The molecule has 0 aliphatic rings. The largest absolute Gasteiger partial charge is 0.311 e. The van der Waals surface area contributed by atoms with Gasteiger partial charge in [0.2, 0.25) is 0 Å². The van der Waals surface area contributed by atoms with Crippen LogP contribution in [-0.2, 0) is 0 Å². The van der Waals surface area contributed by atoms with E-state index >= 15 is 0 Å². The van der Waals surface area contributed by atoms with Crippen LogP contribution in [0.2, 0.25) is 0 Å². The molecule has 0 fully saturated rings. The van der Waals surface area contributed by atoms with Gasteiger partial charge in [0.05, 0.1) is 0 Å². The minimum Gasteiger partial charge on any atom is -0.311 e. The third-order valence-corrected chi connectivity index (χ3v) is 14.2. The minimum absolute atomic E-state index is 1.12. The van der Waals surface area contributed by atoms with Crippen molar-refractivity contribution in [1.29, 1.82) is 0 Å². The summed E-state index contributed by atoms with van der Waals surface area (Å²) in [4.78, 5) is 4.61. The van der Waals surface area contributed by atoms with Crippen LogP contribution in [-0.4, -0.2) is 0 Å². The van der Waals surface area contributed by atoms with Crippen LogP contribution >= 0.6 is 0 Å². The Kier molecular flexibility index (Phi) is 10.9. The number of anilines is 6. The predicted octanol–water partition coefficient (Wildman–Crippen LogP) is 19.9. The smallest absolute Gasteiger partial charge is 0.0462 e. The number of rotatable bonds is 10. The Morgan fingerprint density at radius 3 is 0.722 bits per heavy atom. The summed E-state index contributed by atoms with van der Waals surface area (Å²) in [6.07, 6.45) is 0. The summed E-state index contributed by atoms with van der Waals surface area (Å²) < 4.78 is 0. The molecule has 0 bridgehead atoms. The van der Waals surface area contributed by atoms with E-state index in [0.29, 0.717) is 0 Å². The van der Waals surface area contributed by atoms with E-state index in [2.05, 4.69) is 301 Å². The predicted molar refractivity (Wildman–Crippen MR) is 308 cm³/mol. The Morgan fingerprint density at radius 2 is 0.417 bits per heavy atom. The van der Waals surface area contributed by atoms with E-state index in [4.69, 9.17) is 0 Å². The number of benzene rings is 13. The Morgan fingerprint density at radius 1 is 0.167 bits per heavy atom. The molecule has 0 N–H and O–H groups in total. The molecule has 0 aliphatic heterocycles. The van der Waals surface area contributed by atoms with E-state index in [1.165, 1.54) is 87.6 Å². The zero-order valence-corrected chi connectivity index (χ0v) is 39.6. The highest BCUT2D eigenvalue weighted by Crippen LogP contribution is 2.42. The summed E-state index contributed by atoms with van der Waals surface area (Å²) >= 11 is 0. The molecule has 13 aromatic carbocycles. The SMILES string of the molecule is c1ccc(N(c2ccccc2)c2ccc(-c3ccc(-c4ccc5cc6cc(-c7ccc(-c8ccc(N(c9ccccc9)c9ccccc9)cc8)c8ccccc78)ccc6cc5c4)c4ccccc34)cc2)cc1. The van der Waals surface area contributed by atoms with Crippen LogP contribution in [0, 0.1) is 0 Å². The molecule has 72 heavy (non-hydrogen) atoms. The summed E-state index contributed by atoms with van der Waals surface area (Å²) in [5.41, 5.74) is 16.5. The zero-order chi connectivity index (χ0) is 47.8. The van der Waals surface area contributed by atoms with E-state index in [0.717, 1.165) is 34.1 Å². The van der Waals surface area contributed by atoms with Crippen molar-refractivity contribution in [2.45, 2.75) is 0 Å². The summed E-state index contributed by atoms with van der Waals surface area (Å²) in [6.45, 7) is 0. The fraction of sp³-hybridized carbons (Fsp3) is 0. The van der Waals surface area contributed by atoms with Crippen molar-refractivity contribution in [3.63, 3.8) is 0 Å². The summed E-state index contributed by atoms with van der Waals surface area (Å²) in [6, 6.07) is 106. The Bertz CT molecular complexity index is 3710. The normalized spacial score (nSPS) is 11.3. The minimum atomic E-state index is 1.12. The average molecular weight is 917 g/mol. The van der Waals surface area contributed by atoms with Gasteiger partial charge >= 0.3 is 0 Å². The van der Waals surface area contributed by atoms with Crippen molar-refractivity contribution >= 4 is 77.2 Å². The second kappa shape index (κ2) is 18.4. The van der Waals surface area contributed by atoms with E-state index in [1.54, 1.807) is 0 Å². The number of hydrogen-bond acceptors (Lipinski definition) is 2. The van der Waals surface area contributed by atoms with Gasteiger partial charge in [0, 0.05) is 34.1 Å². The van der Waals surface area contributed by atoms with Gasteiger partial charge in [-0.3, -0.25) is 0 Å². The van der Waals surface area contributed by atoms with Crippen LogP contribution in [0.1, 0.15) is 0 Å². The van der Waals surface area contributed by atoms with Crippen molar-refractivity contribution in [2.24, 2.45) is 0 Å². The van der Waals surface area contributed by atoms with Gasteiger partial charge in [0.25, 0.3) is 0 Å². The fourth-order valence-corrected chi connectivity index (χ4v) is 10.7. The second-order valence-electron chi connectivity index (χ2n) is 18.5. The zero-order valence-electron chi connectivity index (χ0n) is 39.6. The lowest BCUT2D eigenvalue weighted by atomic mass is 9.90. The molecule has 0 radical (unpaired) electrons. The molecule has 0 spiro atoms. The third-order valence-electron chi connectivity index (χ3n) is 14.2. The second-order valence-corrected chi connectivity index (χ2v) is 18.5. The molecule has 2 heteroatoms. The average Bonchev–Trinajstić information content (AvgIpc) is 3.45.